The van der Waals surface area contributed by atoms with E-state index in [1.165, 1.54) is 16.8 Å². The number of aryl methyl sites for hydroxylation is 1. The molecule has 1 aromatic rings. The highest BCUT2D eigenvalue weighted by Crippen LogP contribution is 2.23. The summed E-state index contributed by atoms with van der Waals surface area (Å²) in [6, 6.07) is 6.35. The van der Waals surface area contributed by atoms with Crippen molar-refractivity contribution in [2.24, 2.45) is 0 Å². The molecule has 2 rings (SSSR count). The summed E-state index contributed by atoms with van der Waals surface area (Å²) in [5, 5.41) is 2.64. The van der Waals surface area contributed by atoms with E-state index in [9.17, 15) is 9.59 Å². The van der Waals surface area contributed by atoms with Crippen molar-refractivity contribution in [1.29, 1.82) is 0 Å². The highest BCUT2D eigenvalue weighted by Gasteiger charge is 2.22. The van der Waals surface area contributed by atoms with Gasteiger partial charge in [0, 0.05) is 44.8 Å². The Balaban J connectivity index is 1.76. The molecule has 0 aliphatic carbocycles. The number of rotatable bonds is 4. The highest BCUT2D eigenvalue weighted by molar-refractivity contribution is 5.77. The minimum absolute atomic E-state index is 0.0710. The van der Waals surface area contributed by atoms with E-state index < -0.39 is 11.7 Å². The first kappa shape index (κ1) is 20.1. The molecular weight excluding hydrogens is 330 g/mol. The number of benzene rings is 1. The van der Waals surface area contributed by atoms with Crippen molar-refractivity contribution in [3.63, 3.8) is 0 Å². The summed E-state index contributed by atoms with van der Waals surface area (Å²) in [5.74, 6) is 0.0710. The van der Waals surface area contributed by atoms with Crippen LogP contribution in [0.15, 0.2) is 18.2 Å². The topological polar surface area (TPSA) is 61.9 Å². The number of anilines is 1. The zero-order valence-electron chi connectivity index (χ0n) is 16.6. The molecule has 6 heteroatoms. The molecule has 0 spiro atoms. The van der Waals surface area contributed by atoms with Gasteiger partial charge in [0.2, 0.25) is 5.91 Å². The van der Waals surface area contributed by atoms with E-state index in [4.69, 9.17) is 4.74 Å². The molecule has 0 bridgehead atoms. The van der Waals surface area contributed by atoms with Crippen LogP contribution in [0.2, 0.25) is 0 Å². The molecule has 0 radical (unpaired) electrons. The first-order chi connectivity index (χ1) is 12.2. The normalized spacial score (nSPS) is 15.0. The molecule has 1 aliphatic heterocycles. The van der Waals surface area contributed by atoms with Crippen molar-refractivity contribution in [2.75, 3.05) is 37.6 Å². The standard InChI is InChI=1S/C20H31N3O3/c1-15-7-6-8-17(16(15)2)22-11-13-23(14-12-22)18(24)9-10-21-19(25)26-20(3,4)5/h6-8H,9-14H2,1-5H3,(H,21,25). The van der Waals surface area contributed by atoms with E-state index in [1.807, 2.05) is 25.7 Å². The predicted molar refractivity (Wildman–Crippen MR) is 104 cm³/mol. The zero-order valence-corrected chi connectivity index (χ0v) is 16.6. The van der Waals surface area contributed by atoms with Gasteiger partial charge in [0.15, 0.2) is 0 Å². The van der Waals surface area contributed by atoms with Gasteiger partial charge in [0.05, 0.1) is 0 Å². The lowest BCUT2D eigenvalue weighted by molar-refractivity contribution is -0.131. The number of ether oxygens (including phenoxy) is 1. The highest BCUT2D eigenvalue weighted by atomic mass is 16.6. The van der Waals surface area contributed by atoms with Gasteiger partial charge in [-0.1, -0.05) is 12.1 Å². The monoisotopic (exact) mass is 361 g/mol. The van der Waals surface area contributed by atoms with Crippen LogP contribution in [-0.4, -0.2) is 55.2 Å². The van der Waals surface area contributed by atoms with Crippen molar-refractivity contribution in [3.8, 4) is 0 Å². The van der Waals surface area contributed by atoms with Crippen LogP contribution >= 0.6 is 0 Å². The van der Waals surface area contributed by atoms with Gasteiger partial charge >= 0.3 is 6.09 Å². The molecule has 1 heterocycles. The number of nitrogens with one attached hydrogen (secondary N) is 1. The third kappa shape index (κ3) is 5.64. The SMILES string of the molecule is Cc1cccc(N2CCN(C(=O)CCNC(=O)OC(C)(C)C)CC2)c1C. The van der Waals surface area contributed by atoms with Crippen molar-refractivity contribution in [1.82, 2.24) is 10.2 Å². The largest absolute Gasteiger partial charge is 0.444 e. The lowest BCUT2D eigenvalue weighted by Crippen LogP contribution is -2.49. The van der Waals surface area contributed by atoms with Crippen LogP contribution in [0.5, 0.6) is 0 Å². The van der Waals surface area contributed by atoms with Crippen molar-refractivity contribution >= 4 is 17.7 Å². The second-order valence-corrected chi connectivity index (χ2v) is 7.77. The summed E-state index contributed by atoms with van der Waals surface area (Å²) < 4.78 is 5.17. The van der Waals surface area contributed by atoms with Gasteiger partial charge in [-0.15, -0.1) is 0 Å². The summed E-state index contributed by atoms with van der Waals surface area (Å²) in [4.78, 5) is 28.2. The molecule has 144 valence electrons. The number of carbonyl (C=O) groups excluding carboxylic acids is 2. The average Bonchev–Trinajstić information content (AvgIpc) is 2.56. The quantitative estimate of drug-likeness (QED) is 0.896. The maximum Gasteiger partial charge on any atom is 0.407 e. The number of carbonyl (C=O) groups is 2. The van der Waals surface area contributed by atoms with Crippen molar-refractivity contribution in [2.45, 2.75) is 46.6 Å². The molecule has 0 saturated carbocycles. The van der Waals surface area contributed by atoms with E-state index >= 15 is 0 Å². The minimum Gasteiger partial charge on any atom is -0.444 e. The van der Waals surface area contributed by atoms with E-state index in [0.717, 1.165) is 13.1 Å². The molecule has 1 aliphatic rings. The predicted octanol–water partition coefficient (Wildman–Crippen LogP) is 2.87. The smallest absolute Gasteiger partial charge is 0.407 e. The number of piperazine rings is 1. The number of alkyl carbamates (subject to hydrolysis) is 1. The fourth-order valence-electron chi connectivity index (χ4n) is 3.02. The Hall–Kier alpha value is -2.24. The summed E-state index contributed by atoms with van der Waals surface area (Å²) in [6.45, 7) is 13.1. The van der Waals surface area contributed by atoms with E-state index in [0.29, 0.717) is 26.1 Å². The van der Waals surface area contributed by atoms with Gasteiger partial charge in [0.25, 0.3) is 0 Å². The molecule has 1 saturated heterocycles. The van der Waals surface area contributed by atoms with Crippen LogP contribution in [0.25, 0.3) is 0 Å². The van der Waals surface area contributed by atoms with Crippen LogP contribution in [0.1, 0.15) is 38.3 Å². The van der Waals surface area contributed by atoms with Crippen LogP contribution < -0.4 is 10.2 Å². The summed E-state index contributed by atoms with van der Waals surface area (Å²) in [6.07, 6.45) is -0.187. The average molecular weight is 361 g/mol. The Morgan fingerprint density at radius 3 is 2.38 bits per heavy atom. The molecule has 0 atom stereocenters. The van der Waals surface area contributed by atoms with Gasteiger partial charge in [0.1, 0.15) is 5.60 Å². The molecule has 6 nitrogen and oxygen atoms in total. The Morgan fingerprint density at radius 2 is 1.77 bits per heavy atom. The fraction of sp³-hybridized carbons (Fsp3) is 0.600. The second kappa shape index (κ2) is 8.43. The van der Waals surface area contributed by atoms with E-state index in [-0.39, 0.29) is 5.91 Å². The lowest BCUT2D eigenvalue weighted by atomic mass is 10.1. The van der Waals surface area contributed by atoms with Gasteiger partial charge in [-0.05, 0) is 51.8 Å². The molecule has 1 fully saturated rings. The Morgan fingerprint density at radius 1 is 1.12 bits per heavy atom. The Bertz CT molecular complexity index is 644. The number of nitrogens with zero attached hydrogens (tertiary/aromatic N) is 2. The molecular formula is C20H31N3O3. The number of hydrogen-bond donors (Lipinski definition) is 1. The fourth-order valence-corrected chi connectivity index (χ4v) is 3.02. The van der Waals surface area contributed by atoms with E-state index in [2.05, 4.69) is 42.3 Å². The first-order valence-electron chi connectivity index (χ1n) is 9.23. The molecule has 26 heavy (non-hydrogen) atoms. The third-order valence-corrected chi connectivity index (χ3v) is 4.56. The zero-order chi connectivity index (χ0) is 19.3. The maximum atomic E-state index is 12.3. The van der Waals surface area contributed by atoms with Gasteiger partial charge in [-0.25, -0.2) is 4.79 Å². The number of hydrogen-bond acceptors (Lipinski definition) is 4. The van der Waals surface area contributed by atoms with Gasteiger partial charge in [-0.2, -0.15) is 0 Å². The second-order valence-electron chi connectivity index (χ2n) is 7.77. The van der Waals surface area contributed by atoms with Crippen LogP contribution in [0, 0.1) is 13.8 Å². The lowest BCUT2D eigenvalue weighted by Gasteiger charge is -2.37. The van der Waals surface area contributed by atoms with Crippen LogP contribution in [0.4, 0.5) is 10.5 Å². The summed E-state index contributed by atoms with van der Waals surface area (Å²) >= 11 is 0. The number of amides is 2. The molecule has 0 aromatic heterocycles. The van der Waals surface area contributed by atoms with Gasteiger partial charge < -0.3 is 19.9 Å². The van der Waals surface area contributed by atoms with Crippen LogP contribution in [-0.2, 0) is 9.53 Å². The van der Waals surface area contributed by atoms with Crippen molar-refractivity contribution in [3.05, 3.63) is 29.3 Å². The molecule has 0 unspecified atom stereocenters. The maximum absolute atomic E-state index is 12.3. The van der Waals surface area contributed by atoms with Crippen molar-refractivity contribution < 1.29 is 14.3 Å². The van der Waals surface area contributed by atoms with Gasteiger partial charge in [-0.3, -0.25) is 4.79 Å². The minimum atomic E-state index is -0.529. The molecule has 2 amide bonds. The Kier molecular flexibility index (Phi) is 6.51. The first-order valence-corrected chi connectivity index (χ1v) is 9.23. The summed E-state index contributed by atoms with van der Waals surface area (Å²) in [7, 11) is 0. The Labute approximate surface area is 156 Å². The molecule has 1 N–H and O–H groups in total. The summed E-state index contributed by atoms with van der Waals surface area (Å²) in [5.41, 5.74) is 3.31. The molecule has 1 aromatic carbocycles. The third-order valence-electron chi connectivity index (χ3n) is 4.56. The van der Waals surface area contributed by atoms with E-state index in [1.54, 1.807) is 0 Å². The van der Waals surface area contributed by atoms with Crippen LogP contribution in [0.3, 0.4) is 0 Å².